The van der Waals surface area contributed by atoms with E-state index >= 15 is 0 Å². The molecular formula is C17H16BrIN2O3. The van der Waals surface area contributed by atoms with Crippen molar-refractivity contribution in [1.29, 1.82) is 0 Å². The maximum absolute atomic E-state index is 12.1. The highest BCUT2D eigenvalue weighted by molar-refractivity contribution is 14.1. The van der Waals surface area contributed by atoms with Crippen LogP contribution in [0.1, 0.15) is 22.8 Å². The second kappa shape index (κ2) is 9.03. The third-order valence-electron chi connectivity index (χ3n) is 3.03. The summed E-state index contributed by atoms with van der Waals surface area (Å²) in [6, 6.07) is 10.9. The van der Waals surface area contributed by atoms with Gasteiger partial charge in [-0.3, -0.25) is 4.79 Å². The largest absolute Gasteiger partial charge is 0.492 e. The summed E-state index contributed by atoms with van der Waals surface area (Å²) in [5.74, 6) is 1.05. The average Bonchev–Trinajstić information content (AvgIpc) is 2.55. The number of ether oxygens (including phenoxy) is 2. The third-order valence-corrected chi connectivity index (χ3v) is 4.53. The molecule has 0 atom stereocenters. The fourth-order valence-electron chi connectivity index (χ4n) is 1.99. The van der Waals surface area contributed by atoms with Crippen molar-refractivity contribution in [3.63, 3.8) is 0 Å². The minimum atomic E-state index is -0.285. The minimum Gasteiger partial charge on any atom is -0.492 e. The van der Waals surface area contributed by atoms with Gasteiger partial charge < -0.3 is 9.47 Å². The quantitative estimate of drug-likeness (QED) is 0.365. The molecule has 0 fully saturated rings. The van der Waals surface area contributed by atoms with E-state index < -0.39 is 0 Å². The second-order valence-corrected chi connectivity index (χ2v) is 6.66. The van der Waals surface area contributed by atoms with Crippen LogP contribution >= 0.6 is 38.5 Å². The van der Waals surface area contributed by atoms with E-state index in [1.165, 1.54) is 0 Å². The Hall–Kier alpha value is -1.61. The van der Waals surface area contributed by atoms with Crippen LogP contribution in [0.4, 0.5) is 0 Å². The molecule has 5 nitrogen and oxygen atoms in total. The molecule has 0 unspecified atom stereocenters. The molecule has 1 amide bonds. The second-order valence-electron chi connectivity index (χ2n) is 4.65. The van der Waals surface area contributed by atoms with E-state index in [0.717, 1.165) is 13.6 Å². The Kier molecular flexibility index (Phi) is 7.04. The van der Waals surface area contributed by atoms with Gasteiger partial charge in [-0.25, -0.2) is 5.43 Å². The van der Waals surface area contributed by atoms with Crippen molar-refractivity contribution in [2.45, 2.75) is 6.92 Å². The highest BCUT2D eigenvalue weighted by Crippen LogP contribution is 2.33. The Balaban J connectivity index is 2.14. The first kappa shape index (κ1) is 18.7. The van der Waals surface area contributed by atoms with Crippen LogP contribution in [0, 0.1) is 3.57 Å². The molecule has 0 radical (unpaired) electrons. The molecule has 24 heavy (non-hydrogen) atoms. The van der Waals surface area contributed by atoms with Crippen LogP contribution in [0.5, 0.6) is 11.5 Å². The molecule has 0 spiro atoms. The first-order valence-corrected chi connectivity index (χ1v) is 9.02. The molecule has 0 aliphatic carbocycles. The summed E-state index contributed by atoms with van der Waals surface area (Å²) in [5.41, 5.74) is 3.84. The first-order chi connectivity index (χ1) is 11.6. The molecule has 0 aliphatic heterocycles. The number of nitrogens with zero attached hydrogens (tertiary/aromatic N) is 1. The van der Waals surface area contributed by atoms with E-state index in [4.69, 9.17) is 9.47 Å². The zero-order chi connectivity index (χ0) is 17.5. The SMILES string of the molecule is CCOc1cc(/C=N\NC(=O)c2ccccc2Br)cc(I)c1OC. The van der Waals surface area contributed by atoms with Gasteiger partial charge in [-0.1, -0.05) is 12.1 Å². The Bertz CT molecular complexity index is 765. The van der Waals surface area contributed by atoms with Crippen LogP contribution in [0.25, 0.3) is 0 Å². The lowest BCUT2D eigenvalue weighted by molar-refractivity contribution is 0.0954. The van der Waals surface area contributed by atoms with Crippen molar-refractivity contribution in [1.82, 2.24) is 5.43 Å². The van der Waals surface area contributed by atoms with Crippen LogP contribution in [0.2, 0.25) is 0 Å². The van der Waals surface area contributed by atoms with Crippen molar-refractivity contribution in [3.8, 4) is 11.5 Å². The molecule has 0 aliphatic rings. The summed E-state index contributed by atoms with van der Waals surface area (Å²) in [7, 11) is 1.60. The van der Waals surface area contributed by atoms with Crippen LogP contribution in [0.3, 0.4) is 0 Å². The smallest absolute Gasteiger partial charge is 0.272 e. The van der Waals surface area contributed by atoms with Gasteiger partial charge in [0.25, 0.3) is 5.91 Å². The lowest BCUT2D eigenvalue weighted by Gasteiger charge is -2.11. The maximum atomic E-state index is 12.1. The Morgan fingerprint density at radius 2 is 2.12 bits per heavy atom. The van der Waals surface area contributed by atoms with Crippen LogP contribution in [-0.2, 0) is 0 Å². The Labute approximate surface area is 162 Å². The predicted octanol–water partition coefficient (Wildman–Crippen LogP) is 4.22. The number of amides is 1. The number of carbonyl (C=O) groups excluding carboxylic acids is 1. The van der Waals surface area contributed by atoms with Gasteiger partial charge in [-0.05, 0) is 75.3 Å². The number of carbonyl (C=O) groups is 1. The normalized spacial score (nSPS) is 10.7. The van der Waals surface area contributed by atoms with Crippen molar-refractivity contribution in [3.05, 3.63) is 55.6 Å². The topological polar surface area (TPSA) is 59.9 Å². The number of halogens is 2. The minimum absolute atomic E-state index is 0.285. The van der Waals surface area contributed by atoms with Crippen molar-refractivity contribution in [2.24, 2.45) is 5.10 Å². The van der Waals surface area contributed by atoms with Crippen molar-refractivity contribution in [2.75, 3.05) is 13.7 Å². The molecule has 0 heterocycles. The Morgan fingerprint density at radius 1 is 1.38 bits per heavy atom. The molecule has 0 saturated heterocycles. The van der Waals surface area contributed by atoms with Gasteiger partial charge in [0.1, 0.15) is 0 Å². The third kappa shape index (κ3) is 4.70. The fourth-order valence-corrected chi connectivity index (χ4v) is 3.30. The molecule has 0 saturated carbocycles. The van der Waals surface area contributed by atoms with Gasteiger partial charge in [0, 0.05) is 4.47 Å². The van der Waals surface area contributed by atoms with Gasteiger partial charge >= 0.3 is 0 Å². The molecule has 1 N–H and O–H groups in total. The lowest BCUT2D eigenvalue weighted by atomic mass is 10.2. The summed E-state index contributed by atoms with van der Waals surface area (Å²) in [5, 5.41) is 4.01. The van der Waals surface area contributed by atoms with Crippen LogP contribution in [-0.4, -0.2) is 25.8 Å². The standard InChI is InChI=1S/C17H16BrIN2O3/c1-3-24-15-9-11(8-14(19)16(15)23-2)10-20-21-17(22)12-6-4-5-7-13(12)18/h4-10H,3H2,1-2H3,(H,21,22)/b20-10-. The number of hydrogen-bond donors (Lipinski definition) is 1. The van der Waals surface area contributed by atoms with Crippen LogP contribution < -0.4 is 14.9 Å². The highest BCUT2D eigenvalue weighted by atomic mass is 127. The molecule has 0 bridgehead atoms. The molecule has 2 rings (SSSR count). The van der Waals surface area contributed by atoms with Crippen molar-refractivity contribution < 1.29 is 14.3 Å². The van der Waals surface area contributed by atoms with E-state index in [1.54, 1.807) is 31.5 Å². The molecular weight excluding hydrogens is 487 g/mol. The number of benzene rings is 2. The summed E-state index contributed by atoms with van der Waals surface area (Å²) < 4.78 is 12.5. The first-order valence-electron chi connectivity index (χ1n) is 7.15. The van der Waals surface area contributed by atoms with Gasteiger partial charge in [0.05, 0.1) is 29.1 Å². The average molecular weight is 503 g/mol. The number of methoxy groups -OCH3 is 1. The van der Waals surface area contributed by atoms with E-state index in [9.17, 15) is 4.79 Å². The van der Waals surface area contributed by atoms with Crippen molar-refractivity contribution >= 4 is 50.6 Å². The number of hydrogen-bond acceptors (Lipinski definition) is 4. The van der Waals surface area contributed by atoms with E-state index in [2.05, 4.69) is 49.0 Å². The zero-order valence-corrected chi connectivity index (χ0v) is 16.9. The monoisotopic (exact) mass is 502 g/mol. The molecule has 126 valence electrons. The summed E-state index contributed by atoms with van der Waals surface area (Å²) >= 11 is 5.51. The number of rotatable bonds is 6. The highest BCUT2D eigenvalue weighted by Gasteiger charge is 2.11. The maximum Gasteiger partial charge on any atom is 0.272 e. The van der Waals surface area contributed by atoms with Gasteiger partial charge in [-0.2, -0.15) is 5.10 Å². The van der Waals surface area contributed by atoms with Gasteiger partial charge in [-0.15, -0.1) is 0 Å². The zero-order valence-electron chi connectivity index (χ0n) is 13.2. The lowest BCUT2D eigenvalue weighted by Crippen LogP contribution is -2.18. The number of hydrazone groups is 1. The molecule has 2 aromatic carbocycles. The fraction of sp³-hybridized carbons (Fsp3) is 0.176. The summed E-state index contributed by atoms with van der Waals surface area (Å²) in [4.78, 5) is 12.1. The molecule has 7 heteroatoms. The van der Waals surface area contributed by atoms with Gasteiger partial charge in [0.15, 0.2) is 11.5 Å². The summed E-state index contributed by atoms with van der Waals surface area (Å²) in [6.07, 6.45) is 1.57. The van der Waals surface area contributed by atoms with Gasteiger partial charge in [0.2, 0.25) is 0 Å². The van der Waals surface area contributed by atoms with E-state index in [1.807, 2.05) is 25.1 Å². The Morgan fingerprint density at radius 3 is 2.79 bits per heavy atom. The van der Waals surface area contributed by atoms with E-state index in [-0.39, 0.29) is 5.91 Å². The number of nitrogens with one attached hydrogen (secondary N) is 1. The predicted molar refractivity (Wildman–Crippen MR) is 106 cm³/mol. The molecule has 0 aromatic heterocycles. The van der Waals surface area contributed by atoms with Crippen LogP contribution in [0.15, 0.2) is 46.0 Å². The van der Waals surface area contributed by atoms with E-state index in [0.29, 0.717) is 23.7 Å². The summed E-state index contributed by atoms with van der Waals surface area (Å²) in [6.45, 7) is 2.44. The molecule has 2 aromatic rings.